The summed E-state index contributed by atoms with van der Waals surface area (Å²) in [5.41, 5.74) is 1.76. The molecule has 0 radical (unpaired) electrons. The second kappa shape index (κ2) is 7.59. The SMILES string of the molecule is CCCc1ccc2c(c1)Cc1c-2cc(F)c(-c2cc(F)c(OC(F)(F)F)c(F)c2)c1F. The van der Waals surface area contributed by atoms with E-state index in [0.29, 0.717) is 23.3 Å². The van der Waals surface area contributed by atoms with E-state index in [2.05, 4.69) is 4.74 Å². The molecule has 0 aliphatic heterocycles. The van der Waals surface area contributed by atoms with Gasteiger partial charge in [0.1, 0.15) is 11.6 Å². The molecule has 0 bridgehead atoms. The van der Waals surface area contributed by atoms with E-state index < -0.39 is 46.5 Å². The third-order valence-electron chi connectivity index (χ3n) is 5.19. The maximum atomic E-state index is 15.3. The van der Waals surface area contributed by atoms with Crippen molar-refractivity contribution in [1.82, 2.24) is 0 Å². The monoisotopic (exact) mass is 440 g/mol. The number of hydrogen-bond donors (Lipinski definition) is 0. The van der Waals surface area contributed by atoms with Gasteiger partial charge in [-0.05, 0) is 52.4 Å². The Morgan fingerprint density at radius 2 is 1.55 bits per heavy atom. The van der Waals surface area contributed by atoms with Crippen LogP contribution in [0.5, 0.6) is 5.75 Å². The highest BCUT2D eigenvalue weighted by atomic mass is 19.4. The van der Waals surface area contributed by atoms with Crippen molar-refractivity contribution in [3.63, 3.8) is 0 Å². The number of ether oxygens (including phenoxy) is 1. The first-order valence-corrected chi connectivity index (χ1v) is 9.47. The molecule has 3 aromatic carbocycles. The summed E-state index contributed by atoms with van der Waals surface area (Å²) in [6.07, 6.45) is -3.40. The van der Waals surface area contributed by atoms with E-state index in [1.54, 1.807) is 6.07 Å². The van der Waals surface area contributed by atoms with E-state index in [1.165, 1.54) is 0 Å². The van der Waals surface area contributed by atoms with E-state index in [1.807, 2.05) is 19.1 Å². The van der Waals surface area contributed by atoms with Crippen molar-refractivity contribution in [2.24, 2.45) is 0 Å². The van der Waals surface area contributed by atoms with Gasteiger partial charge in [-0.15, -0.1) is 13.2 Å². The van der Waals surface area contributed by atoms with Crippen LogP contribution in [0.3, 0.4) is 0 Å². The van der Waals surface area contributed by atoms with E-state index >= 15 is 4.39 Å². The molecule has 0 aromatic heterocycles. The average molecular weight is 440 g/mol. The van der Waals surface area contributed by atoms with Gasteiger partial charge in [-0.1, -0.05) is 31.5 Å². The highest BCUT2D eigenvalue weighted by Crippen LogP contribution is 2.43. The summed E-state index contributed by atoms with van der Waals surface area (Å²) in [4.78, 5) is 0. The molecule has 0 saturated carbocycles. The minimum absolute atomic E-state index is 0.163. The molecule has 0 spiro atoms. The Morgan fingerprint density at radius 1 is 0.871 bits per heavy atom. The fourth-order valence-corrected chi connectivity index (χ4v) is 3.95. The molecule has 0 fully saturated rings. The quantitative estimate of drug-likeness (QED) is 0.302. The zero-order valence-electron chi connectivity index (χ0n) is 16.1. The van der Waals surface area contributed by atoms with E-state index in [9.17, 15) is 26.3 Å². The number of halogens is 7. The molecule has 4 rings (SSSR count). The van der Waals surface area contributed by atoms with Crippen molar-refractivity contribution in [2.45, 2.75) is 32.5 Å². The molecular weight excluding hydrogens is 425 g/mol. The standard InChI is InChI=1S/C23H15F7O/c1-2-3-11-4-5-14-12(6-11)7-16-15(14)10-17(24)20(21(16)27)13-8-18(25)22(19(26)9-13)31-23(28,29)30/h4-6,8-10H,2-3,7H2,1H3. The fraction of sp³-hybridized carbons (Fsp3) is 0.217. The highest BCUT2D eigenvalue weighted by Gasteiger charge is 2.35. The molecule has 8 heteroatoms. The largest absolute Gasteiger partial charge is 0.573 e. The minimum Gasteiger partial charge on any atom is -0.399 e. The molecule has 0 N–H and O–H groups in total. The van der Waals surface area contributed by atoms with Crippen LogP contribution >= 0.6 is 0 Å². The van der Waals surface area contributed by atoms with Crippen LogP contribution in [0.2, 0.25) is 0 Å². The summed E-state index contributed by atoms with van der Waals surface area (Å²) >= 11 is 0. The zero-order valence-corrected chi connectivity index (χ0v) is 16.1. The van der Waals surface area contributed by atoms with Crippen LogP contribution in [0, 0.1) is 23.3 Å². The van der Waals surface area contributed by atoms with Gasteiger partial charge >= 0.3 is 6.36 Å². The lowest BCUT2D eigenvalue weighted by Gasteiger charge is -2.14. The molecule has 31 heavy (non-hydrogen) atoms. The van der Waals surface area contributed by atoms with Gasteiger partial charge < -0.3 is 4.74 Å². The third-order valence-corrected chi connectivity index (χ3v) is 5.19. The summed E-state index contributed by atoms with van der Waals surface area (Å²) in [5, 5.41) is 0. The van der Waals surface area contributed by atoms with Crippen LogP contribution in [0.4, 0.5) is 30.7 Å². The second-order valence-electron chi connectivity index (χ2n) is 7.31. The Balaban J connectivity index is 1.79. The van der Waals surface area contributed by atoms with Crippen LogP contribution < -0.4 is 4.74 Å². The van der Waals surface area contributed by atoms with Crippen molar-refractivity contribution in [3.05, 3.63) is 76.4 Å². The first-order valence-electron chi connectivity index (χ1n) is 9.47. The Bertz CT molecular complexity index is 1160. The van der Waals surface area contributed by atoms with Gasteiger partial charge in [0.2, 0.25) is 5.75 Å². The maximum Gasteiger partial charge on any atom is 0.573 e. The minimum atomic E-state index is -5.32. The van der Waals surface area contributed by atoms with Gasteiger partial charge in [0, 0.05) is 12.0 Å². The topological polar surface area (TPSA) is 9.23 Å². The molecule has 1 aliphatic carbocycles. The second-order valence-corrected chi connectivity index (χ2v) is 7.31. The first kappa shape index (κ1) is 21.2. The van der Waals surface area contributed by atoms with Crippen LogP contribution in [-0.4, -0.2) is 6.36 Å². The lowest BCUT2D eigenvalue weighted by Crippen LogP contribution is -2.19. The van der Waals surface area contributed by atoms with E-state index in [-0.39, 0.29) is 12.0 Å². The summed E-state index contributed by atoms with van der Waals surface area (Å²) < 4.78 is 98.6. The number of hydrogen-bond acceptors (Lipinski definition) is 1. The maximum absolute atomic E-state index is 15.3. The van der Waals surface area contributed by atoms with Crippen molar-refractivity contribution in [2.75, 3.05) is 0 Å². The molecule has 0 unspecified atom stereocenters. The van der Waals surface area contributed by atoms with Crippen molar-refractivity contribution < 1.29 is 35.5 Å². The summed E-state index contributed by atoms with van der Waals surface area (Å²) in [7, 11) is 0. The van der Waals surface area contributed by atoms with Crippen molar-refractivity contribution in [1.29, 1.82) is 0 Å². The van der Waals surface area contributed by atoms with Gasteiger partial charge in [0.15, 0.2) is 11.6 Å². The van der Waals surface area contributed by atoms with Crippen LogP contribution in [0.25, 0.3) is 22.3 Å². The molecule has 0 atom stereocenters. The first-order chi connectivity index (χ1) is 14.6. The van der Waals surface area contributed by atoms with Gasteiger partial charge in [-0.25, -0.2) is 17.6 Å². The molecular formula is C23H15F7O. The van der Waals surface area contributed by atoms with Gasteiger partial charge in [0.25, 0.3) is 0 Å². The molecule has 0 amide bonds. The molecule has 162 valence electrons. The normalized spacial score (nSPS) is 12.6. The van der Waals surface area contributed by atoms with Crippen LogP contribution in [-0.2, 0) is 12.8 Å². The van der Waals surface area contributed by atoms with Gasteiger partial charge in [-0.2, -0.15) is 0 Å². The predicted molar refractivity (Wildman–Crippen MR) is 101 cm³/mol. The molecule has 1 nitrogen and oxygen atoms in total. The van der Waals surface area contributed by atoms with Crippen LogP contribution in [0.1, 0.15) is 30.0 Å². The summed E-state index contributed by atoms with van der Waals surface area (Å²) in [6, 6.07) is 7.49. The van der Waals surface area contributed by atoms with E-state index in [4.69, 9.17) is 0 Å². The Hall–Kier alpha value is -3.03. The lowest BCUT2D eigenvalue weighted by molar-refractivity contribution is -0.276. The highest BCUT2D eigenvalue weighted by molar-refractivity contribution is 5.81. The summed E-state index contributed by atoms with van der Waals surface area (Å²) in [6.45, 7) is 2.02. The number of aryl methyl sites for hydroxylation is 1. The lowest BCUT2D eigenvalue weighted by atomic mass is 9.97. The molecule has 0 saturated heterocycles. The smallest absolute Gasteiger partial charge is 0.399 e. The van der Waals surface area contributed by atoms with Crippen LogP contribution in [0.15, 0.2) is 36.4 Å². The van der Waals surface area contributed by atoms with E-state index in [0.717, 1.165) is 30.0 Å². The number of alkyl halides is 3. The number of benzene rings is 3. The zero-order chi connectivity index (χ0) is 22.5. The number of rotatable bonds is 4. The van der Waals surface area contributed by atoms with Crippen molar-refractivity contribution >= 4 is 0 Å². The predicted octanol–water partition coefficient (Wildman–Crippen LogP) is 7.33. The van der Waals surface area contributed by atoms with Gasteiger partial charge in [0.05, 0.1) is 5.56 Å². The molecule has 0 heterocycles. The fourth-order valence-electron chi connectivity index (χ4n) is 3.95. The Kier molecular flexibility index (Phi) is 5.19. The molecule has 3 aromatic rings. The van der Waals surface area contributed by atoms with Crippen molar-refractivity contribution in [3.8, 4) is 28.0 Å². The van der Waals surface area contributed by atoms with Gasteiger partial charge in [-0.3, -0.25) is 0 Å². The Morgan fingerprint density at radius 3 is 2.16 bits per heavy atom. The number of fused-ring (bicyclic) bond motifs is 3. The average Bonchev–Trinajstić information content (AvgIpc) is 3.02. The summed E-state index contributed by atoms with van der Waals surface area (Å²) in [5.74, 6) is -7.22. The molecule has 1 aliphatic rings. The third kappa shape index (κ3) is 3.86. The Labute approximate surface area is 173 Å².